The Hall–Kier alpha value is -1.66. The molecule has 1 saturated heterocycles. The van der Waals surface area contributed by atoms with Gasteiger partial charge in [0.25, 0.3) is 5.69 Å². The highest BCUT2D eigenvalue weighted by atomic mass is 35.5. The Morgan fingerprint density at radius 2 is 2.32 bits per heavy atom. The molecule has 1 aromatic carbocycles. The van der Waals surface area contributed by atoms with Gasteiger partial charge in [-0.25, -0.2) is 0 Å². The van der Waals surface area contributed by atoms with Crippen molar-refractivity contribution in [3.63, 3.8) is 0 Å². The van der Waals surface area contributed by atoms with Crippen LogP contribution >= 0.6 is 12.4 Å². The van der Waals surface area contributed by atoms with Gasteiger partial charge in [0.05, 0.1) is 16.9 Å². The molecule has 1 aromatic rings. The number of nitrogens with one attached hydrogen (secondary N) is 2. The third kappa shape index (κ3) is 4.68. The molecule has 1 aliphatic rings. The number of hydrogen-bond donors (Lipinski definition) is 2. The molecule has 0 aromatic heterocycles. The Kier molecular flexibility index (Phi) is 7.27. The number of nitrogens with zero attached hydrogens (tertiary/aromatic N) is 1. The molecule has 2 unspecified atom stereocenters. The number of rotatable bonds is 5. The van der Waals surface area contributed by atoms with Crippen LogP contribution in [0.4, 0.5) is 5.69 Å². The van der Waals surface area contributed by atoms with E-state index >= 15 is 0 Å². The second-order valence-corrected chi connectivity index (χ2v) is 5.36. The maximum Gasteiger partial charge on any atom is 0.269 e. The Morgan fingerprint density at radius 1 is 1.55 bits per heavy atom. The molecule has 122 valence electrons. The van der Waals surface area contributed by atoms with Gasteiger partial charge in [-0.1, -0.05) is 19.1 Å². The summed E-state index contributed by atoms with van der Waals surface area (Å²) in [6, 6.07) is 6.29. The summed E-state index contributed by atoms with van der Waals surface area (Å²) in [6.45, 7) is 3.63. The van der Waals surface area contributed by atoms with Crippen LogP contribution in [0.1, 0.15) is 37.8 Å². The van der Waals surface area contributed by atoms with Crippen molar-refractivity contribution in [3.05, 3.63) is 39.9 Å². The van der Waals surface area contributed by atoms with E-state index in [-0.39, 0.29) is 36.0 Å². The highest BCUT2D eigenvalue weighted by Gasteiger charge is 2.23. The van der Waals surface area contributed by atoms with Gasteiger partial charge in [-0.2, -0.15) is 0 Å². The minimum Gasteiger partial charge on any atom is -0.349 e. The first-order valence-corrected chi connectivity index (χ1v) is 7.37. The largest absolute Gasteiger partial charge is 0.349 e. The average molecular weight is 328 g/mol. The van der Waals surface area contributed by atoms with E-state index in [0.29, 0.717) is 13.0 Å². The molecule has 0 aliphatic carbocycles. The first kappa shape index (κ1) is 18.4. The van der Waals surface area contributed by atoms with Crippen molar-refractivity contribution < 1.29 is 9.72 Å². The minimum absolute atomic E-state index is 0. The average Bonchev–Trinajstić information content (AvgIpc) is 2.53. The van der Waals surface area contributed by atoms with Gasteiger partial charge in [0.15, 0.2) is 0 Å². The number of nitro groups is 1. The first-order chi connectivity index (χ1) is 10.1. The molecule has 1 aliphatic heterocycles. The predicted octanol–water partition coefficient (Wildman–Crippen LogP) is 2.58. The third-order valence-corrected chi connectivity index (χ3v) is 3.88. The lowest BCUT2D eigenvalue weighted by atomic mass is 9.97. The van der Waals surface area contributed by atoms with Crippen LogP contribution < -0.4 is 10.6 Å². The van der Waals surface area contributed by atoms with Crippen molar-refractivity contribution in [2.24, 2.45) is 5.92 Å². The van der Waals surface area contributed by atoms with Crippen LogP contribution in [0.2, 0.25) is 0 Å². The highest BCUT2D eigenvalue weighted by molar-refractivity contribution is 5.85. The van der Waals surface area contributed by atoms with Gasteiger partial charge in [0.1, 0.15) is 0 Å². The van der Waals surface area contributed by atoms with Gasteiger partial charge in [0.2, 0.25) is 5.91 Å². The molecule has 1 heterocycles. The smallest absolute Gasteiger partial charge is 0.269 e. The molecule has 0 radical (unpaired) electrons. The van der Waals surface area contributed by atoms with Gasteiger partial charge in [0, 0.05) is 18.7 Å². The lowest BCUT2D eigenvalue weighted by Crippen LogP contribution is -2.41. The zero-order valence-corrected chi connectivity index (χ0v) is 13.4. The number of carbonyl (C=O) groups excluding carboxylic acids is 1. The van der Waals surface area contributed by atoms with Gasteiger partial charge in [-0.15, -0.1) is 12.4 Å². The molecule has 0 bridgehead atoms. The van der Waals surface area contributed by atoms with Crippen LogP contribution in [0, 0.1) is 16.0 Å². The van der Waals surface area contributed by atoms with Crippen LogP contribution in [-0.2, 0) is 4.79 Å². The zero-order valence-electron chi connectivity index (χ0n) is 12.6. The summed E-state index contributed by atoms with van der Waals surface area (Å²) >= 11 is 0. The van der Waals surface area contributed by atoms with Crippen molar-refractivity contribution in [2.45, 2.75) is 32.2 Å². The van der Waals surface area contributed by atoms with Gasteiger partial charge >= 0.3 is 0 Å². The fourth-order valence-electron chi connectivity index (χ4n) is 2.64. The Morgan fingerprint density at radius 3 is 2.91 bits per heavy atom. The van der Waals surface area contributed by atoms with Gasteiger partial charge in [-0.05, 0) is 31.4 Å². The van der Waals surface area contributed by atoms with E-state index in [4.69, 9.17) is 0 Å². The lowest BCUT2D eigenvalue weighted by molar-refractivity contribution is -0.384. The minimum atomic E-state index is -0.414. The second-order valence-electron chi connectivity index (χ2n) is 5.36. The number of nitro benzene ring substituents is 1. The van der Waals surface area contributed by atoms with Crippen molar-refractivity contribution in [3.8, 4) is 0 Å². The molecule has 1 amide bonds. The fraction of sp³-hybridized carbons (Fsp3) is 0.533. The second kappa shape index (κ2) is 8.70. The maximum absolute atomic E-state index is 12.3. The topological polar surface area (TPSA) is 84.3 Å². The van der Waals surface area contributed by atoms with E-state index in [1.54, 1.807) is 6.07 Å². The van der Waals surface area contributed by atoms with Crippen molar-refractivity contribution in [2.75, 3.05) is 13.1 Å². The van der Waals surface area contributed by atoms with Crippen LogP contribution in [0.25, 0.3) is 0 Å². The van der Waals surface area contributed by atoms with Crippen LogP contribution in [0.15, 0.2) is 24.3 Å². The van der Waals surface area contributed by atoms with Gasteiger partial charge < -0.3 is 10.6 Å². The van der Waals surface area contributed by atoms with Crippen LogP contribution in [0.3, 0.4) is 0 Å². The SMILES string of the molecule is CCC(NC(=O)C1CCCNC1)c1cccc([N+](=O)[O-])c1.Cl. The number of halogens is 1. The van der Waals surface area contributed by atoms with E-state index in [1.165, 1.54) is 12.1 Å². The molecule has 22 heavy (non-hydrogen) atoms. The molecule has 2 N–H and O–H groups in total. The maximum atomic E-state index is 12.3. The molecule has 0 saturated carbocycles. The summed E-state index contributed by atoms with van der Waals surface area (Å²) < 4.78 is 0. The van der Waals surface area contributed by atoms with E-state index in [1.807, 2.05) is 13.0 Å². The summed E-state index contributed by atoms with van der Waals surface area (Å²) in [5.74, 6) is 0.0204. The van der Waals surface area contributed by atoms with Gasteiger partial charge in [-0.3, -0.25) is 14.9 Å². The first-order valence-electron chi connectivity index (χ1n) is 7.37. The van der Waals surface area contributed by atoms with Crippen LogP contribution in [-0.4, -0.2) is 23.9 Å². The molecule has 2 rings (SSSR count). The monoisotopic (exact) mass is 327 g/mol. The fourth-order valence-corrected chi connectivity index (χ4v) is 2.64. The van der Waals surface area contributed by atoms with E-state index in [0.717, 1.165) is 24.9 Å². The third-order valence-electron chi connectivity index (χ3n) is 3.88. The summed E-state index contributed by atoms with van der Waals surface area (Å²) in [7, 11) is 0. The standard InChI is InChI=1S/C15H21N3O3.ClH/c1-2-14(11-5-3-7-13(9-11)18(20)21)17-15(19)12-6-4-8-16-10-12;/h3,5,7,9,12,14,16H,2,4,6,8,10H2,1H3,(H,17,19);1H. The van der Waals surface area contributed by atoms with E-state index in [9.17, 15) is 14.9 Å². The quantitative estimate of drug-likeness (QED) is 0.643. The number of carbonyl (C=O) groups is 1. The van der Waals surface area contributed by atoms with Crippen LogP contribution in [0.5, 0.6) is 0 Å². The van der Waals surface area contributed by atoms with Crippen molar-refractivity contribution in [1.29, 1.82) is 0 Å². The Bertz CT molecular complexity index is 519. The number of piperidine rings is 1. The van der Waals surface area contributed by atoms with E-state index in [2.05, 4.69) is 10.6 Å². The van der Waals surface area contributed by atoms with Crippen molar-refractivity contribution >= 4 is 24.0 Å². The molecule has 6 nitrogen and oxygen atoms in total. The Labute approximate surface area is 136 Å². The summed E-state index contributed by atoms with van der Waals surface area (Å²) in [5.41, 5.74) is 0.836. The predicted molar refractivity (Wildman–Crippen MR) is 87.1 cm³/mol. The lowest BCUT2D eigenvalue weighted by Gasteiger charge is -2.25. The summed E-state index contributed by atoms with van der Waals surface area (Å²) in [5, 5.41) is 17.1. The summed E-state index contributed by atoms with van der Waals surface area (Å²) in [4.78, 5) is 22.7. The number of hydrogen-bond acceptors (Lipinski definition) is 4. The number of benzene rings is 1. The molecule has 1 fully saturated rings. The normalized spacial score (nSPS) is 18.9. The molecule has 0 spiro atoms. The molecular formula is C15H22ClN3O3. The Balaban J connectivity index is 0.00000242. The zero-order chi connectivity index (χ0) is 15.2. The van der Waals surface area contributed by atoms with Crippen molar-refractivity contribution in [1.82, 2.24) is 10.6 Å². The number of non-ortho nitro benzene ring substituents is 1. The number of amides is 1. The van der Waals surface area contributed by atoms with E-state index < -0.39 is 4.92 Å². The molecular weight excluding hydrogens is 306 g/mol. The molecule has 7 heteroatoms. The summed E-state index contributed by atoms with van der Waals surface area (Å²) in [6.07, 6.45) is 2.60. The highest BCUT2D eigenvalue weighted by Crippen LogP contribution is 2.22. The molecule has 2 atom stereocenters.